The Bertz CT molecular complexity index is 348. The number of hydrogen-bond acceptors (Lipinski definition) is 3. The van der Waals surface area contributed by atoms with Crippen LogP contribution in [0.15, 0.2) is 10.6 Å². The Kier molecular flexibility index (Phi) is 3.17. The molecule has 0 bridgehead atoms. The lowest BCUT2D eigenvalue weighted by atomic mass is 9.93. The van der Waals surface area contributed by atoms with Crippen LogP contribution in [0.25, 0.3) is 0 Å². The van der Waals surface area contributed by atoms with Crippen LogP contribution in [0.5, 0.6) is 0 Å². The van der Waals surface area contributed by atoms with Crippen molar-refractivity contribution < 1.29 is 9.32 Å². The fraction of sp³-hybridized carbons (Fsp3) is 0.636. The van der Waals surface area contributed by atoms with Gasteiger partial charge in [0.25, 0.3) is 0 Å². The van der Waals surface area contributed by atoms with Crippen molar-refractivity contribution in [3.63, 3.8) is 0 Å². The molecule has 0 aromatic carbocycles. The van der Waals surface area contributed by atoms with Crippen molar-refractivity contribution in [3.8, 4) is 0 Å². The summed E-state index contributed by atoms with van der Waals surface area (Å²) in [5.41, 5.74) is -0.0895. The first-order valence-electron chi connectivity index (χ1n) is 5.09. The fourth-order valence-corrected chi connectivity index (χ4v) is 0.958. The third kappa shape index (κ3) is 3.08. The van der Waals surface area contributed by atoms with Crippen LogP contribution in [0.1, 0.15) is 40.4 Å². The van der Waals surface area contributed by atoms with Crippen LogP contribution in [-0.4, -0.2) is 11.1 Å². The van der Waals surface area contributed by atoms with Crippen LogP contribution in [0.2, 0.25) is 0 Å². The molecular formula is C11H18N2O2. The Hall–Kier alpha value is -1.32. The molecule has 0 aliphatic heterocycles. The highest BCUT2D eigenvalue weighted by Gasteiger charge is 2.20. The van der Waals surface area contributed by atoms with E-state index in [9.17, 15) is 4.79 Å². The SMILES string of the molecule is CC(C)C(=O)Nc1cc(C(C)(C)C)on1. The summed E-state index contributed by atoms with van der Waals surface area (Å²) in [6.07, 6.45) is 0. The standard InChI is InChI=1S/C11H18N2O2/c1-7(2)10(14)12-9-6-8(15-13-9)11(3,4)5/h6-7H,1-5H3,(H,12,13,14). The number of nitrogens with zero attached hydrogens (tertiary/aromatic N) is 1. The van der Waals surface area contributed by atoms with E-state index in [1.54, 1.807) is 6.07 Å². The second kappa shape index (κ2) is 4.04. The van der Waals surface area contributed by atoms with E-state index in [-0.39, 0.29) is 17.2 Å². The van der Waals surface area contributed by atoms with E-state index < -0.39 is 0 Å². The molecular weight excluding hydrogens is 192 g/mol. The van der Waals surface area contributed by atoms with Crippen LogP contribution < -0.4 is 5.32 Å². The molecule has 4 heteroatoms. The second-order valence-electron chi connectivity index (χ2n) is 4.97. The Morgan fingerprint density at radius 1 is 1.47 bits per heavy atom. The van der Waals surface area contributed by atoms with Crippen molar-refractivity contribution >= 4 is 11.7 Å². The monoisotopic (exact) mass is 210 g/mol. The molecule has 0 radical (unpaired) electrons. The largest absolute Gasteiger partial charge is 0.359 e. The van der Waals surface area contributed by atoms with E-state index >= 15 is 0 Å². The van der Waals surface area contributed by atoms with Gasteiger partial charge in [0.1, 0.15) is 5.76 Å². The van der Waals surface area contributed by atoms with Gasteiger partial charge in [0.15, 0.2) is 5.82 Å². The summed E-state index contributed by atoms with van der Waals surface area (Å²) in [7, 11) is 0. The lowest BCUT2D eigenvalue weighted by molar-refractivity contribution is -0.118. The number of carbonyl (C=O) groups excluding carboxylic acids is 1. The molecule has 1 amide bonds. The maximum atomic E-state index is 11.4. The normalized spacial score (nSPS) is 11.9. The molecule has 1 rings (SSSR count). The first kappa shape index (κ1) is 11.8. The average Bonchev–Trinajstić information content (AvgIpc) is 2.51. The van der Waals surface area contributed by atoms with Gasteiger partial charge in [-0.2, -0.15) is 0 Å². The zero-order valence-electron chi connectivity index (χ0n) is 9.92. The summed E-state index contributed by atoms with van der Waals surface area (Å²) < 4.78 is 5.14. The summed E-state index contributed by atoms with van der Waals surface area (Å²) in [4.78, 5) is 11.4. The van der Waals surface area contributed by atoms with E-state index in [1.807, 2.05) is 34.6 Å². The summed E-state index contributed by atoms with van der Waals surface area (Å²) >= 11 is 0. The van der Waals surface area contributed by atoms with Gasteiger partial charge in [-0.3, -0.25) is 4.79 Å². The Morgan fingerprint density at radius 2 is 2.07 bits per heavy atom. The summed E-state index contributed by atoms with van der Waals surface area (Å²) in [6, 6.07) is 1.76. The highest BCUT2D eigenvalue weighted by molar-refractivity contribution is 5.91. The van der Waals surface area contributed by atoms with Crippen molar-refractivity contribution in [2.24, 2.45) is 5.92 Å². The van der Waals surface area contributed by atoms with Crippen molar-refractivity contribution in [1.82, 2.24) is 5.16 Å². The van der Waals surface area contributed by atoms with Gasteiger partial charge in [0.2, 0.25) is 5.91 Å². The number of rotatable bonds is 2. The smallest absolute Gasteiger partial charge is 0.228 e. The van der Waals surface area contributed by atoms with Gasteiger partial charge in [0, 0.05) is 17.4 Å². The van der Waals surface area contributed by atoms with E-state index in [0.29, 0.717) is 5.82 Å². The molecule has 1 heterocycles. The molecule has 0 aliphatic rings. The topological polar surface area (TPSA) is 55.1 Å². The molecule has 0 spiro atoms. The van der Waals surface area contributed by atoms with Gasteiger partial charge < -0.3 is 9.84 Å². The highest BCUT2D eigenvalue weighted by atomic mass is 16.5. The lowest BCUT2D eigenvalue weighted by Gasteiger charge is -2.12. The van der Waals surface area contributed by atoms with Gasteiger partial charge in [-0.1, -0.05) is 39.8 Å². The van der Waals surface area contributed by atoms with Crippen LogP contribution >= 0.6 is 0 Å². The van der Waals surface area contributed by atoms with Crippen molar-refractivity contribution in [2.45, 2.75) is 40.0 Å². The summed E-state index contributed by atoms with van der Waals surface area (Å²) in [5.74, 6) is 1.14. The van der Waals surface area contributed by atoms with Crippen LogP contribution in [0.4, 0.5) is 5.82 Å². The third-order valence-electron chi connectivity index (χ3n) is 2.02. The second-order valence-corrected chi connectivity index (χ2v) is 4.97. The van der Waals surface area contributed by atoms with Crippen LogP contribution in [-0.2, 0) is 10.2 Å². The molecule has 0 fully saturated rings. The third-order valence-corrected chi connectivity index (χ3v) is 2.02. The number of amides is 1. The van der Waals surface area contributed by atoms with Gasteiger partial charge in [-0.15, -0.1) is 0 Å². The Labute approximate surface area is 90.0 Å². The number of anilines is 1. The van der Waals surface area contributed by atoms with Gasteiger partial charge in [-0.25, -0.2) is 0 Å². The predicted molar refractivity (Wildman–Crippen MR) is 58.7 cm³/mol. The molecule has 1 aromatic heterocycles. The van der Waals surface area contributed by atoms with Crippen LogP contribution in [0.3, 0.4) is 0 Å². The molecule has 15 heavy (non-hydrogen) atoms. The van der Waals surface area contributed by atoms with Crippen LogP contribution in [0, 0.1) is 5.92 Å². The maximum absolute atomic E-state index is 11.4. The highest BCUT2D eigenvalue weighted by Crippen LogP contribution is 2.24. The quantitative estimate of drug-likeness (QED) is 0.816. The molecule has 84 valence electrons. The molecule has 0 aliphatic carbocycles. The number of carbonyl (C=O) groups is 1. The van der Waals surface area contributed by atoms with E-state index in [0.717, 1.165) is 5.76 Å². The van der Waals surface area contributed by atoms with E-state index in [4.69, 9.17) is 4.52 Å². The van der Waals surface area contributed by atoms with Crippen molar-refractivity contribution in [1.29, 1.82) is 0 Å². The molecule has 1 N–H and O–H groups in total. The minimum absolute atomic E-state index is 0.0521. The number of nitrogens with one attached hydrogen (secondary N) is 1. The van der Waals surface area contributed by atoms with E-state index in [2.05, 4.69) is 10.5 Å². The first-order chi connectivity index (χ1) is 6.80. The first-order valence-corrected chi connectivity index (χ1v) is 5.09. The van der Waals surface area contributed by atoms with Crippen molar-refractivity contribution in [2.75, 3.05) is 5.32 Å². The lowest BCUT2D eigenvalue weighted by Crippen LogP contribution is -2.17. The zero-order chi connectivity index (χ0) is 11.6. The fourth-order valence-electron chi connectivity index (χ4n) is 0.958. The van der Waals surface area contributed by atoms with E-state index in [1.165, 1.54) is 0 Å². The summed E-state index contributed by atoms with van der Waals surface area (Å²) in [5, 5.41) is 6.49. The minimum Gasteiger partial charge on any atom is -0.359 e. The Balaban J connectivity index is 2.73. The van der Waals surface area contributed by atoms with Gasteiger partial charge in [-0.05, 0) is 0 Å². The average molecular weight is 210 g/mol. The zero-order valence-corrected chi connectivity index (χ0v) is 9.92. The molecule has 4 nitrogen and oxygen atoms in total. The predicted octanol–water partition coefficient (Wildman–Crippen LogP) is 2.57. The molecule has 0 saturated heterocycles. The number of aromatic nitrogens is 1. The molecule has 0 saturated carbocycles. The molecule has 0 atom stereocenters. The maximum Gasteiger partial charge on any atom is 0.228 e. The number of hydrogen-bond donors (Lipinski definition) is 1. The minimum atomic E-state index is -0.0895. The molecule has 0 unspecified atom stereocenters. The Morgan fingerprint density at radius 3 is 2.47 bits per heavy atom. The van der Waals surface area contributed by atoms with Gasteiger partial charge in [0.05, 0.1) is 0 Å². The summed E-state index contributed by atoms with van der Waals surface area (Å²) in [6.45, 7) is 9.75. The van der Waals surface area contributed by atoms with Gasteiger partial charge >= 0.3 is 0 Å². The van der Waals surface area contributed by atoms with Crippen molar-refractivity contribution in [3.05, 3.63) is 11.8 Å². The molecule has 1 aromatic rings.